The zero-order valence-electron chi connectivity index (χ0n) is 14.3. The maximum atomic E-state index is 12.7. The lowest BCUT2D eigenvalue weighted by molar-refractivity contribution is -0.144. The quantitative estimate of drug-likeness (QED) is 0.450. The zero-order chi connectivity index (χ0) is 20.1. The summed E-state index contributed by atoms with van der Waals surface area (Å²) in [6.07, 6.45) is 0. The number of nitrogens with zero attached hydrogens (tertiary/aromatic N) is 2. The first-order valence-electron chi connectivity index (χ1n) is 8.09. The van der Waals surface area contributed by atoms with Crippen molar-refractivity contribution in [2.45, 2.75) is 6.04 Å². The smallest absolute Gasteiger partial charge is 0.332 e. The molecule has 1 unspecified atom stereocenters. The molecule has 0 amide bonds. The second kappa shape index (κ2) is 8.49. The van der Waals surface area contributed by atoms with Crippen LogP contribution in [0.1, 0.15) is 11.6 Å². The van der Waals surface area contributed by atoms with Crippen molar-refractivity contribution in [3.63, 3.8) is 0 Å². The lowest BCUT2D eigenvalue weighted by Gasteiger charge is -2.33. The van der Waals surface area contributed by atoms with Crippen LogP contribution in [0.3, 0.4) is 0 Å². The van der Waals surface area contributed by atoms with Crippen molar-refractivity contribution in [2.75, 3.05) is 11.6 Å². The van der Waals surface area contributed by atoms with Crippen molar-refractivity contribution >= 4 is 40.8 Å². The fraction of sp³-hybridized carbons (Fsp3) is 0.105. The van der Waals surface area contributed by atoms with Crippen LogP contribution in [-0.4, -0.2) is 35.2 Å². The van der Waals surface area contributed by atoms with Crippen LogP contribution in [-0.2, 0) is 19.2 Å². The summed E-state index contributed by atoms with van der Waals surface area (Å²) in [5, 5.41) is 14.9. The minimum Gasteiger partial charge on any atom is -0.479 e. The molecule has 9 heteroatoms. The minimum atomic E-state index is -1.24. The average Bonchev–Trinajstić information content (AvgIpc) is 2.70. The van der Waals surface area contributed by atoms with E-state index in [1.807, 2.05) is 0 Å². The number of carboxylic acid groups (broad SMARTS) is 1. The molecule has 8 nitrogen and oxygen atoms in total. The second-order valence-corrected chi connectivity index (χ2v) is 6.15. The predicted octanol–water partition coefficient (Wildman–Crippen LogP) is 2.15. The Balaban J connectivity index is 2.07. The lowest BCUT2D eigenvalue weighted by Crippen LogP contribution is -2.44. The summed E-state index contributed by atoms with van der Waals surface area (Å²) in [6.45, 7) is -0.699. The number of carboxylic acids is 1. The van der Waals surface area contributed by atoms with Gasteiger partial charge < -0.3 is 5.11 Å². The van der Waals surface area contributed by atoms with Gasteiger partial charge in [-0.15, -0.1) is 5.10 Å². The molecule has 2 aromatic rings. The van der Waals surface area contributed by atoms with Gasteiger partial charge in [0.15, 0.2) is 6.61 Å². The highest BCUT2D eigenvalue weighted by Crippen LogP contribution is 2.35. The van der Waals surface area contributed by atoms with Crippen LogP contribution in [0.15, 0.2) is 65.3 Å². The van der Waals surface area contributed by atoms with Gasteiger partial charge >= 0.3 is 5.97 Å². The molecule has 0 aliphatic carbocycles. The molecule has 0 saturated heterocycles. The van der Waals surface area contributed by atoms with Crippen LogP contribution in [0.4, 0.5) is 5.69 Å². The molecule has 3 rings (SSSR count). The number of hydroxylamine groups is 1. The number of ketones is 1. The van der Waals surface area contributed by atoms with Gasteiger partial charge in [-0.3, -0.25) is 14.6 Å². The molecular weight excluding hydrogens is 386 g/mol. The normalized spacial score (nSPS) is 16.4. The molecule has 1 aliphatic rings. The van der Waals surface area contributed by atoms with Crippen molar-refractivity contribution in [1.29, 1.82) is 0 Å². The molecule has 0 aromatic heterocycles. The van der Waals surface area contributed by atoms with E-state index in [-0.39, 0.29) is 11.4 Å². The standard InChI is InChI=1S/C19H14ClN3O5/c20-13-6-8-14(9-7-13)23-17(12-4-2-1-3-5-12)15(10-24)18(27)19(21-23)22-28-11-16(25)26/h1-9,17H,11H2,(H,21,22)(H,25,26). The van der Waals surface area contributed by atoms with Crippen molar-refractivity contribution in [1.82, 2.24) is 5.48 Å². The number of halogens is 1. The average molecular weight is 400 g/mol. The number of carbonyl (C=O) groups is 2. The van der Waals surface area contributed by atoms with Gasteiger partial charge in [-0.25, -0.2) is 15.1 Å². The van der Waals surface area contributed by atoms with E-state index in [0.717, 1.165) is 0 Å². The number of carbonyl (C=O) groups excluding carboxylic acids is 2. The number of hydrogen-bond acceptors (Lipinski definition) is 7. The summed E-state index contributed by atoms with van der Waals surface area (Å²) in [5.74, 6) is -0.606. The van der Waals surface area contributed by atoms with Crippen LogP contribution in [0.2, 0.25) is 5.02 Å². The molecule has 1 heterocycles. The van der Waals surface area contributed by atoms with E-state index in [0.29, 0.717) is 16.3 Å². The van der Waals surface area contributed by atoms with Gasteiger partial charge in [0.05, 0.1) is 5.69 Å². The predicted molar refractivity (Wildman–Crippen MR) is 101 cm³/mol. The third kappa shape index (κ3) is 4.10. The second-order valence-electron chi connectivity index (χ2n) is 5.71. The number of amidine groups is 1. The summed E-state index contributed by atoms with van der Waals surface area (Å²) >= 11 is 5.95. The summed E-state index contributed by atoms with van der Waals surface area (Å²) < 4.78 is 0. The topological polar surface area (TPSA) is 108 Å². The van der Waals surface area contributed by atoms with Crippen molar-refractivity contribution < 1.29 is 24.3 Å². The number of rotatable bonds is 5. The summed E-state index contributed by atoms with van der Waals surface area (Å²) in [7, 11) is 0. The van der Waals surface area contributed by atoms with Gasteiger partial charge in [0.25, 0.3) is 0 Å². The van der Waals surface area contributed by atoms with Gasteiger partial charge in [0, 0.05) is 5.02 Å². The fourth-order valence-electron chi connectivity index (χ4n) is 2.66. The maximum absolute atomic E-state index is 12.7. The highest BCUT2D eigenvalue weighted by Gasteiger charge is 2.38. The number of Topliss-reactive ketones (excluding diaryl/α,β-unsaturated/α-hetero) is 1. The van der Waals surface area contributed by atoms with Gasteiger partial charge in [-0.1, -0.05) is 41.9 Å². The summed E-state index contributed by atoms with van der Waals surface area (Å²) in [5.41, 5.74) is 3.21. The Labute approximate surface area is 164 Å². The van der Waals surface area contributed by atoms with E-state index in [1.165, 1.54) is 5.01 Å². The zero-order valence-corrected chi connectivity index (χ0v) is 15.1. The number of benzene rings is 2. The number of aliphatic carboxylic acids is 1. The highest BCUT2D eigenvalue weighted by atomic mass is 35.5. The molecule has 0 saturated carbocycles. The first-order chi connectivity index (χ1) is 13.5. The van der Waals surface area contributed by atoms with E-state index in [4.69, 9.17) is 21.5 Å². The van der Waals surface area contributed by atoms with Crippen LogP contribution in [0.25, 0.3) is 0 Å². The molecule has 2 N–H and O–H groups in total. The molecule has 28 heavy (non-hydrogen) atoms. The number of anilines is 1. The molecule has 2 aromatic carbocycles. The number of nitrogens with one attached hydrogen (secondary N) is 1. The molecule has 0 spiro atoms. The van der Waals surface area contributed by atoms with E-state index in [1.54, 1.807) is 60.5 Å². The molecular formula is C19H14ClN3O5. The Bertz CT molecular complexity index is 969. The molecule has 0 fully saturated rings. The largest absolute Gasteiger partial charge is 0.479 e. The Morgan fingerprint density at radius 2 is 1.89 bits per heavy atom. The van der Waals surface area contributed by atoms with Gasteiger partial charge in [-0.05, 0) is 29.8 Å². The number of hydrogen-bond donors (Lipinski definition) is 2. The van der Waals surface area contributed by atoms with Crippen LogP contribution >= 0.6 is 11.6 Å². The van der Waals surface area contributed by atoms with Crippen LogP contribution in [0.5, 0.6) is 0 Å². The van der Waals surface area contributed by atoms with E-state index in [9.17, 15) is 14.4 Å². The first-order valence-corrected chi connectivity index (χ1v) is 8.46. The summed E-state index contributed by atoms with van der Waals surface area (Å²) in [4.78, 5) is 39.7. The maximum Gasteiger partial charge on any atom is 0.332 e. The summed E-state index contributed by atoms with van der Waals surface area (Å²) in [6, 6.07) is 14.7. The Morgan fingerprint density at radius 3 is 2.50 bits per heavy atom. The number of hydrazone groups is 1. The van der Waals surface area contributed by atoms with Crippen molar-refractivity contribution in [2.24, 2.45) is 5.10 Å². The van der Waals surface area contributed by atoms with Gasteiger partial charge in [-0.2, -0.15) is 0 Å². The molecule has 0 radical (unpaired) electrons. The molecule has 0 bridgehead atoms. The van der Waals surface area contributed by atoms with Crippen molar-refractivity contribution in [3.05, 3.63) is 70.8 Å². The van der Waals surface area contributed by atoms with Gasteiger partial charge in [0.2, 0.25) is 11.6 Å². The first kappa shape index (κ1) is 19.3. The Morgan fingerprint density at radius 1 is 1.21 bits per heavy atom. The van der Waals surface area contributed by atoms with Gasteiger partial charge in [0.1, 0.15) is 17.6 Å². The third-order valence-electron chi connectivity index (χ3n) is 3.87. The monoisotopic (exact) mass is 399 g/mol. The highest BCUT2D eigenvalue weighted by molar-refractivity contribution is 6.47. The SMILES string of the molecule is O=C=C1C(=O)C(NOCC(=O)O)=NN(c2ccc(Cl)cc2)C1c1ccccc1. The molecule has 142 valence electrons. The third-order valence-corrected chi connectivity index (χ3v) is 4.12. The van der Waals surface area contributed by atoms with E-state index >= 15 is 0 Å². The minimum absolute atomic E-state index is 0.197. The Kier molecular flexibility index (Phi) is 5.86. The van der Waals surface area contributed by atoms with Crippen LogP contribution in [0, 0.1) is 0 Å². The van der Waals surface area contributed by atoms with Crippen molar-refractivity contribution in [3.8, 4) is 0 Å². The van der Waals surface area contributed by atoms with E-state index in [2.05, 4.69) is 10.6 Å². The lowest BCUT2D eigenvalue weighted by atomic mass is 9.94. The molecule has 1 atom stereocenters. The van der Waals surface area contributed by atoms with Crippen LogP contribution < -0.4 is 10.5 Å². The fourth-order valence-corrected chi connectivity index (χ4v) is 2.79. The van der Waals surface area contributed by atoms with E-state index < -0.39 is 24.4 Å². The molecule has 1 aliphatic heterocycles. The Hall–Kier alpha value is -3.45.